The van der Waals surface area contributed by atoms with E-state index in [1.54, 1.807) is 11.9 Å². The molecule has 1 aromatic rings. The summed E-state index contributed by atoms with van der Waals surface area (Å²) in [5.74, 6) is -0.681. The molecule has 0 radical (unpaired) electrons. The van der Waals surface area contributed by atoms with Crippen LogP contribution in [0, 0.1) is 0 Å². The summed E-state index contributed by atoms with van der Waals surface area (Å²) in [7, 11) is 1.69. The van der Waals surface area contributed by atoms with Gasteiger partial charge in [-0.05, 0) is 18.6 Å². The van der Waals surface area contributed by atoms with E-state index in [4.69, 9.17) is 23.2 Å². The maximum Gasteiger partial charge on any atom is 0.256 e. The van der Waals surface area contributed by atoms with Gasteiger partial charge < -0.3 is 15.3 Å². The largest absolute Gasteiger partial charge is 0.507 e. The Morgan fingerprint density at radius 3 is 2.75 bits per heavy atom. The van der Waals surface area contributed by atoms with Crippen LogP contribution in [0.15, 0.2) is 12.1 Å². The third kappa shape index (κ3) is 3.16. The Labute approximate surface area is 126 Å². The maximum absolute atomic E-state index is 12.2. The molecule has 20 heavy (non-hydrogen) atoms. The van der Waals surface area contributed by atoms with Crippen LogP contribution >= 0.6 is 23.2 Å². The monoisotopic (exact) mass is 316 g/mol. The SMILES string of the molecule is CN1C[C@H](NC(=O)c2c(O)cc(Cl)cc2Cl)CCC1=O. The second-order valence-electron chi connectivity index (χ2n) is 4.77. The van der Waals surface area contributed by atoms with Crippen molar-refractivity contribution in [2.75, 3.05) is 13.6 Å². The lowest BCUT2D eigenvalue weighted by atomic mass is 10.0. The lowest BCUT2D eigenvalue weighted by molar-refractivity contribution is -0.132. The molecule has 0 aromatic heterocycles. The van der Waals surface area contributed by atoms with Crippen LogP contribution in [0.1, 0.15) is 23.2 Å². The number of piperidine rings is 1. The number of halogens is 2. The van der Waals surface area contributed by atoms with Crippen LogP contribution in [0.2, 0.25) is 10.0 Å². The average Bonchev–Trinajstić information content (AvgIpc) is 2.32. The number of hydrogen-bond donors (Lipinski definition) is 2. The van der Waals surface area contributed by atoms with Crippen LogP contribution in [-0.2, 0) is 4.79 Å². The molecule has 1 aliphatic heterocycles. The van der Waals surface area contributed by atoms with Crippen LogP contribution in [0.5, 0.6) is 5.75 Å². The summed E-state index contributed by atoms with van der Waals surface area (Å²) in [5.41, 5.74) is -0.00406. The second kappa shape index (κ2) is 5.89. The van der Waals surface area contributed by atoms with Crippen LogP contribution in [-0.4, -0.2) is 41.5 Å². The van der Waals surface area contributed by atoms with Crippen molar-refractivity contribution in [3.05, 3.63) is 27.7 Å². The molecule has 5 nitrogen and oxygen atoms in total. The number of aromatic hydroxyl groups is 1. The normalized spacial score (nSPS) is 19.1. The number of phenols is 1. The van der Waals surface area contributed by atoms with Gasteiger partial charge in [-0.2, -0.15) is 0 Å². The van der Waals surface area contributed by atoms with Crippen molar-refractivity contribution in [3.8, 4) is 5.75 Å². The first-order chi connectivity index (χ1) is 9.38. The molecule has 1 fully saturated rings. The van der Waals surface area contributed by atoms with E-state index in [1.165, 1.54) is 12.1 Å². The number of carbonyl (C=O) groups excluding carboxylic acids is 2. The van der Waals surface area contributed by atoms with Gasteiger partial charge in [0.2, 0.25) is 5.91 Å². The van der Waals surface area contributed by atoms with E-state index in [0.29, 0.717) is 19.4 Å². The first-order valence-electron chi connectivity index (χ1n) is 6.11. The van der Waals surface area contributed by atoms with Crippen molar-refractivity contribution in [1.29, 1.82) is 0 Å². The predicted molar refractivity (Wildman–Crippen MR) is 76.3 cm³/mol. The Bertz CT molecular complexity index is 540. The highest BCUT2D eigenvalue weighted by atomic mass is 35.5. The Balaban J connectivity index is 2.11. The van der Waals surface area contributed by atoms with E-state index in [-0.39, 0.29) is 33.3 Å². The van der Waals surface area contributed by atoms with E-state index in [9.17, 15) is 14.7 Å². The standard InChI is InChI=1S/C13H14Cl2N2O3/c1-17-6-8(2-3-11(17)19)16-13(20)12-9(15)4-7(14)5-10(12)18/h4-5,8,18H,2-3,6H2,1H3,(H,16,20)/t8-/m1/s1. The molecule has 0 aliphatic carbocycles. The fraction of sp³-hybridized carbons (Fsp3) is 0.385. The van der Waals surface area contributed by atoms with Crippen molar-refractivity contribution in [2.45, 2.75) is 18.9 Å². The number of phenolic OH excluding ortho intramolecular Hbond substituents is 1. The van der Waals surface area contributed by atoms with Crippen LogP contribution in [0.3, 0.4) is 0 Å². The van der Waals surface area contributed by atoms with Crippen molar-refractivity contribution in [1.82, 2.24) is 10.2 Å². The molecule has 2 amide bonds. The van der Waals surface area contributed by atoms with Gasteiger partial charge in [0.15, 0.2) is 0 Å². The van der Waals surface area contributed by atoms with Gasteiger partial charge in [-0.25, -0.2) is 0 Å². The number of benzene rings is 1. The molecule has 0 unspecified atom stereocenters. The minimum atomic E-state index is -0.475. The molecule has 7 heteroatoms. The van der Waals surface area contributed by atoms with Crippen molar-refractivity contribution in [3.63, 3.8) is 0 Å². The van der Waals surface area contributed by atoms with Gasteiger partial charge in [-0.15, -0.1) is 0 Å². The third-order valence-corrected chi connectivity index (χ3v) is 3.74. The first-order valence-corrected chi connectivity index (χ1v) is 6.87. The number of rotatable bonds is 2. The summed E-state index contributed by atoms with van der Waals surface area (Å²) in [4.78, 5) is 25.1. The number of likely N-dealkylation sites (N-methyl/N-ethyl adjacent to an activating group) is 1. The van der Waals surface area contributed by atoms with Crippen molar-refractivity contribution in [2.24, 2.45) is 0 Å². The summed E-state index contributed by atoms with van der Waals surface area (Å²) in [6.45, 7) is 0.441. The lowest BCUT2D eigenvalue weighted by Gasteiger charge is -2.30. The molecule has 1 saturated heterocycles. The molecule has 2 rings (SSSR count). The van der Waals surface area contributed by atoms with E-state index in [1.807, 2.05) is 0 Å². The van der Waals surface area contributed by atoms with Gasteiger partial charge >= 0.3 is 0 Å². The van der Waals surface area contributed by atoms with E-state index >= 15 is 0 Å². The van der Waals surface area contributed by atoms with Crippen molar-refractivity contribution < 1.29 is 14.7 Å². The Kier molecular flexibility index (Phi) is 4.40. The third-order valence-electron chi connectivity index (χ3n) is 3.22. The van der Waals surface area contributed by atoms with Gasteiger partial charge in [0, 0.05) is 31.1 Å². The zero-order valence-corrected chi connectivity index (χ0v) is 12.3. The summed E-state index contributed by atoms with van der Waals surface area (Å²) in [5, 5.41) is 12.9. The maximum atomic E-state index is 12.2. The van der Waals surface area contributed by atoms with Crippen LogP contribution in [0.25, 0.3) is 0 Å². The average molecular weight is 317 g/mol. The highest BCUT2D eigenvalue weighted by molar-refractivity contribution is 6.37. The van der Waals surface area contributed by atoms with Gasteiger partial charge in [0.1, 0.15) is 5.75 Å². The quantitative estimate of drug-likeness (QED) is 0.877. The van der Waals surface area contributed by atoms with Gasteiger partial charge in [-0.3, -0.25) is 9.59 Å². The minimum Gasteiger partial charge on any atom is -0.507 e. The summed E-state index contributed by atoms with van der Waals surface area (Å²) >= 11 is 11.7. The summed E-state index contributed by atoms with van der Waals surface area (Å²) < 4.78 is 0. The molecule has 2 N–H and O–H groups in total. The molecule has 0 saturated carbocycles. The predicted octanol–water partition coefficient (Wildman–Crippen LogP) is 2.05. The second-order valence-corrected chi connectivity index (χ2v) is 5.61. The van der Waals surface area contributed by atoms with Crippen molar-refractivity contribution >= 4 is 35.0 Å². The molecule has 1 aromatic carbocycles. The Morgan fingerprint density at radius 1 is 1.45 bits per heavy atom. The summed E-state index contributed by atoms with van der Waals surface area (Å²) in [6.07, 6.45) is 0.961. The number of likely N-dealkylation sites (tertiary alicyclic amines) is 1. The molecule has 0 spiro atoms. The van der Waals surface area contributed by atoms with Crippen LogP contribution in [0.4, 0.5) is 0 Å². The number of hydrogen-bond acceptors (Lipinski definition) is 3. The Morgan fingerprint density at radius 2 is 2.15 bits per heavy atom. The van der Waals surface area contributed by atoms with Crippen LogP contribution < -0.4 is 5.32 Å². The zero-order valence-electron chi connectivity index (χ0n) is 10.8. The topological polar surface area (TPSA) is 69.6 Å². The highest BCUT2D eigenvalue weighted by Crippen LogP contribution is 2.30. The smallest absolute Gasteiger partial charge is 0.256 e. The first kappa shape index (κ1) is 14.9. The summed E-state index contributed by atoms with van der Waals surface area (Å²) in [6, 6.07) is 2.50. The Hall–Kier alpha value is -1.46. The molecule has 108 valence electrons. The number of nitrogens with zero attached hydrogens (tertiary/aromatic N) is 1. The fourth-order valence-corrected chi connectivity index (χ4v) is 2.74. The van der Waals surface area contributed by atoms with E-state index < -0.39 is 5.91 Å². The number of amides is 2. The highest BCUT2D eigenvalue weighted by Gasteiger charge is 2.26. The number of carbonyl (C=O) groups is 2. The fourth-order valence-electron chi connectivity index (χ4n) is 2.17. The molecule has 1 heterocycles. The molecule has 1 aliphatic rings. The van der Waals surface area contributed by atoms with Gasteiger partial charge in [-0.1, -0.05) is 23.2 Å². The zero-order chi connectivity index (χ0) is 14.9. The van der Waals surface area contributed by atoms with E-state index in [0.717, 1.165) is 0 Å². The van der Waals surface area contributed by atoms with Gasteiger partial charge in [0.25, 0.3) is 5.91 Å². The molecule has 0 bridgehead atoms. The molecular weight excluding hydrogens is 303 g/mol. The molecule has 1 atom stereocenters. The lowest BCUT2D eigenvalue weighted by Crippen LogP contribution is -2.48. The van der Waals surface area contributed by atoms with E-state index in [2.05, 4.69) is 5.32 Å². The van der Waals surface area contributed by atoms with Gasteiger partial charge in [0.05, 0.1) is 10.6 Å². The number of nitrogens with one attached hydrogen (secondary N) is 1. The minimum absolute atomic E-state index is 0.00406. The molecular formula is C13H14Cl2N2O3.